The zero-order valence-electron chi connectivity index (χ0n) is 15.5. The maximum Gasteiger partial charge on any atom is 0.192 e. The summed E-state index contributed by atoms with van der Waals surface area (Å²) in [6.07, 6.45) is 1.72. The van der Waals surface area contributed by atoms with Crippen LogP contribution in [0.3, 0.4) is 0 Å². The van der Waals surface area contributed by atoms with E-state index in [9.17, 15) is 4.79 Å². The first-order valence-corrected chi connectivity index (χ1v) is 9.57. The minimum absolute atomic E-state index is 0.0807. The Morgan fingerprint density at radius 1 is 0.962 bits per heavy atom. The first-order chi connectivity index (χ1) is 12.5. The first kappa shape index (κ1) is 18.4. The molecular weight excluding hydrogens is 342 g/mol. The average molecular weight is 366 g/mol. The van der Waals surface area contributed by atoms with Crippen molar-refractivity contribution < 1.29 is 4.79 Å². The van der Waals surface area contributed by atoms with Crippen LogP contribution in [0.2, 0.25) is 0 Å². The van der Waals surface area contributed by atoms with Crippen LogP contribution in [0.5, 0.6) is 0 Å². The summed E-state index contributed by atoms with van der Waals surface area (Å²) in [6.45, 7) is 8.22. The Kier molecular flexibility index (Phi) is 5.57. The minimum atomic E-state index is -0.361. The Bertz CT molecular complexity index is 882. The van der Waals surface area contributed by atoms with E-state index in [0.29, 0.717) is 5.56 Å². The van der Waals surface area contributed by atoms with Gasteiger partial charge in [0.1, 0.15) is 11.6 Å². The van der Waals surface area contributed by atoms with Crippen LogP contribution < -0.4 is 0 Å². The molecule has 134 valence electrons. The number of hydrogen-bond acceptors (Lipinski definition) is 4. The SMILES string of the molecule is Cc1ccc(C(=O)C(Sc2nncn2C(C)C)c2ccc(C)cc2)cc1. The highest BCUT2D eigenvalue weighted by atomic mass is 32.2. The fraction of sp³-hybridized carbons (Fsp3) is 0.286. The monoisotopic (exact) mass is 365 g/mol. The molecule has 1 unspecified atom stereocenters. The summed E-state index contributed by atoms with van der Waals surface area (Å²) in [7, 11) is 0. The number of carbonyl (C=O) groups is 1. The van der Waals surface area contributed by atoms with Crippen molar-refractivity contribution >= 4 is 17.5 Å². The Morgan fingerprint density at radius 3 is 2.12 bits per heavy atom. The third-order valence-electron chi connectivity index (χ3n) is 4.27. The van der Waals surface area contributed by atoms with Crippen molar-refractivity contribution in [3.63, 3.8) is 0 Å². The van der Waals surface area contributed by atoms with E-state index in [4.69, 9.17) is 0 Å². The van der Waals surface area contributed by atoms with Gasteiger partial charge in [0.25, 0.3) is 0 Å². The molecule has 0 saturated heterocycles. The minimum Gasteiger partial charge on any atom is -0.306 e. The van der Waals surface area contributed by atoms with Gasteiger partial charge in [0.15, 0.2) is 10.9 Å². The van der Waals surface area contributed by atoms with Crippen molar-refractivity contribution in [3.05, 3.63) is 77.1 Å². The van der Waals surface area contributed by atoms with Gasteiger partial charge in [-0.3, -0.25) is 4.79 Å². The Hall–Kier alpha value is -2.40. The van der Waals surface area contributed by atoms with Crippen molar-refractivity contribution in [2.24, 2.45) is 0 Å². The predicted octanol–water partition coefficient (Wildman–Crippen LogP) is 5.19. The molecule has 1 heterocycles. The summed E-state index contributed by atoms with van der Waals surface area (Å²) in [5.41, 5.74) is 4.00. The number of hydrogen-bond donors (Lipinski definition) is 0. The highest BCUT2D eigenvalue weighted by molar-refractivity contribution is 8.00. The molecular formula is C21H23N3OS. The molecule has 4 nitrogen and oxygen atoms in total. The van der Waals surface area contributed by atoms with Crippen LogP contribution in [-0.2, 0) is 0 Å². The highest BCUT2D eigenvalue weighted by Crippen LogP contribution is 2.37. The third kappa shape index (κ3) is 4.05. The molecule has 3 aromatic rings. The van der Waals surface area contributed by atoms with E-state index in [1.165, 1.54) is 17.3 Å². The summed E-state index contributed by atoms with van der Waals surface area (Å²) in [5, 5.41) is 8.66. The molecule has 0 aliphatic carbocycles. The maximum absolute atomic E-state index is 13.3. The molecule has 0 bridgehead atoms. The second-order valence-electron chi connectivity index (χ2n) is 6.75. The van der Waals surface area contributed by atoms with Gasteiger partial charge in [-0.15, -0.1) is 10.2 Å². The van der Waals surface area contributed by atoms with Crippen molar-refractivity contribution in [1.29, 1.82) is 0 Å². The molecule has 5 heteroatoms. The number of aromatic nitrogens is 3. The maximum atomic E-state index is 13.3. The molecule has 0 spiro atoms. The van der Waals surface area contributed by atoms with Gasteiger partial charge in [-0.1, -0.05) is 71.4 Å². The van der Waals surface area contributed by atoms with Gasteiger partial charge in [-0.2, -0.15) is 0 Å². The fourth-order valence-electron chi connectivity index (χ4n) is 2.66. The van der Waals surface area contributed by atoms with Gasteiger partial charge in [0.2, 0.25) is 0 Å². The summed E-state index contributed by atoms with van der Waals surface area (Å²) < 4.78 is 1.99. The van der Waals surface area contributed by atoms with Crippen LogP contribution in [-0.4, -0.2) is 20.5 Å². The quantitative estimate of drug-likeness (QED) is 0.445. The summed E-state index contributed by atoms with van der Waals surface area (Å²) >= 11 is 1.46. The van der Waals surface area contributed by atoms with Crippen LogP contribution in [0.1, 0.15) is 52.2 Å². The molecule has 3 rings (SSSR count). The second-order valence-corrected chi connectivity index (χ2v) is 7.83. The van der Waals surface area contributed by atoms with Crippen LogP contribution in [0, 0.1) is 13.8 Å². The van der Waals surface area contributed by atoms with Gasteiger partial charge >= 0.3 is 0 Å². The molecule has 0 N–H and O–H groups in total. The molecule has 2 aromatic carbocycles. The topological polar surface area (TPSA) is 47.8 Å². The number of thioether (sulfide) groups is 1. The zero-order valence-corrected chi connectivity index (χ0v) is 16.3. The van der Waals surface area contributed by atoms with Gasteiger partial charge in [-0.25, -0.2) is 0 Å². The number of Topliss-reactive ketones (excluding diaryl/α,β-unsaturated/α-hetero) is 1. The molecule has 0 aliphatic heterocycles. The molecule has 0 saturated carbocycles. The lowest BCUT2D eigenvalue weighted by atomic mass is 10.0. The predicted molar refractivity (Wildman–Crippen MR) is 106 cm³/mol. The van der Waals surface area contributed by atoms with Crippen molar-refractivity contribution in [1.82, 2.24) is 14.8 Å². The Morgan fingerprint density at radius 2 is 1.54 bits per heavy atom. The number of carbonyl (C=O) groups excluding carboxylic acids is 1. The molecule has 0 aliphatic rings. The number of nitrogens with zero attached hydrogens (tertiary/aromatic N) is 3. The number of benzene rings is 2. The van der Waals surface area contributed by atoms with Crippen molar-refractivity contribution in [3.8, 4) is 0 Å². The average Bonchev–Trinajstić information content (AvgIpc) is 3.09. The van der Waals surface area contributed by atoms with E-state index in [1.807, 2.05) is 66.9 Å². The lowest BCUT2D eigenvalue weighted by molar-refractivity contribution is 0.0989. The standard InChI is InChI=1S/C21H23N3OS/c1-14(2)24-13-22-23-21(24)26-20(18-11-7-16(4)8-12-18)19(25)17-9-5-15(3)6-10-17/h5-14,20H,1-4H3. The van der Waals surface area contributed by atoms with E-state index in [1.54, 1.807) is 6.33 Å². The molecule has 26 heavy (non-hydrogen) atoms. The number of aryl methyl sites for hydroxylation is 2. The van der Waals surface area contributed by atoms with Crippen molar-refractivity contribution in [2.75, 3.05) is 0 Å². The molecule has 0 fully saturated rings. The number of rotatable bonds is 6. The van der Waals surface area contributed by atoms with Crippen LogP contribution >= 0.6 is 11.8 Å². The summed E-state index contributed by atoms with van der Waals surface area (Å²) in [5.74, 6) is 0.0807. The van der Waals surface area contributed by atoms with Crippen LogP contribution in [0.15, 0.2) is 60.0 Å². The molecule has 0 radical (unpaired) electrons. The van der Waals surface area contributed by atoms with E-state index in [-0.39, 0.29) is 17.1 Å². The summed E-state index contributed by atoms with van der Waals surface area (Å²) in [6, 6.07) is 16.1. The number of ketones is 1. The van der Waals surface area contributed by atoms with Gasteiger partial charge in [0.05, 0.1) is 0 Å². The van der Waals surface area contributed by atoms with E-state index in [0.717, 1.165) is 16.3 Å². The smallest absolute Gasteiger partial charge is 0.192 e. The van der Waals surface area contributed by atoms with E-state index < -0.39 is 0 Å². The molecule has 0 amide bonds. The zero-order chi connectivity index (χ0) is 18.7. The largest absolute Gasteiger partial charge is 0.306 e. The second kappa shape index (κ2) is 7.87. The third-order valence-corrected chi connectivity index (χ3v) is 5.50. The normalized spacial score (nSPS) is 12.3. The van der Waals surface area contributed by atoms with Crippen LogP contribution in [0.4, 0.5) is 0 Å². The van der Waals surface area contributed by atoms with Crippen LogP contribution in [0.25, 0.3) is 0 Å². The van der Waals surface area contributed by atoms with E-state index >= 15 is 0 Å². The van der Waals surface area contributed by atoms with Gasteiger partial charge in [0, 0.05) is 11.6 Å². The Labute approximate surface area is 158 Å². The molecule has 1 aromatic heterocycles. The first-order valence-electron chi connectivity index (χ1n) is 8.69. The Balaban J connectivity index is 1.98. The highest BCUT2D eigenvalue weighted by Gasteiger charge is 2.26. The van der Waals surface area contributed by atoms with Gasteiger partial charge < -0.3 is 4.57 Å². The van der Waals surface area contributed by atoms with Crippen molar-refractivity contribution in [2.45, 2.75) is 44.1 Å². The fourth-order valence-corrected chi connectivity index (χ4v) is 3.88. The molecule has 1 atom stereocenters. The lowest BCUT2D eigenvalue weighted by Gasteiger charge is -2.17. The van der Waals surface area contributed by atoms with E-state index in [2.05, 4.69) is 24.0 Å². The lowest BCUT2D eigenvalue weighted by Crippen LogP contribution is -2.12. The summed E-state index contributed by atoms with van der Waals surface area (Å²) in [4.78, 5) is 13.3. The van der Waals surface area contributed by atoms with Gasteiger partial charge in [-0.05, 0) is 33.3 Å².